The maximum absolute atomic E-state index is 12.7. The monoisotopic (exact) mass is 315 g/mol. The number of amides is 1. The van der Waals surface area contributed by atoms with Gasteiger partial charge in [-0.05, 0) is 44.6 Å². The number of aryl methyl sites for hydroxylation is 1. The summed E-state index contributed by atoms with van der Waals surface area (Å²) in [5, 5.41) is 7.75. The summed E-state index contributed by atoms with van der Waals surface area (Å²) >= 11 is 0. The molecule has 1 aliphatic heterocycles. The van der Waals surface area contributed by atoms with Crippen molar-refractivity contribution in [3.8, 4) is 0 Å². The van der Waals surface area contributed by atoms with Gasteiger partial charge in [0.05, 0.1) is 23.3 Å². The van der Waals surface area contributed by atoms with E-state index < -0.39 is 0 Å². The number of hydrogen-bond donors (Lipinski definition) is 1. The third-order valence-electron chi connectivity index (χ3n) is 4.68. The first-order chi connectivity index (χ1) is 11.2. The molecule has 2 aliphatic rings. The van der Waals surface area contributed by atoms with Crippen LogP contribution in [-0.2, 0) is 4.74 Å². The zero-order valence-electron chi connectivity index (χ0n) is 13.3. The van der Waals surface area contributed by atoms with E-state index in [4.69, 9.17) is 9.26 Å². The van der Waals surface area contributed by atoms with Crippen LogP contribution in [0.3, 0.4) is 0 Å². The molecule has 1 unspecified atom stereocenters. The number of aromatic nitrogens is 2. The van der Waals surface area contributed by atoms with E-state index in [-0.39, 0.29) is 5.91 Å². The first-order valence-electron chi connectivity index (χ1n) is 8.35. The van der Waals surface area contributed by atoms with Gasteiger partial charge in [-0.3, -0.25) is 4.79 Å². The molecule has 0 bridgehead atoms. The molecule has 1 aliphatic carbocycles. The fourth-order valence-corrected chi connectivity index (χ4v) is 3.18. The van der Waals surface area contributed by atoms with Crippen LogP contribution in [0.2, 0.25) is 0 Å². The summed E-state index contributed by atoms with van der Waals surface area (Å²) < 4.78 is 10.8. The molecule has 1 amide bonds. The number of rotatable bonds is 4. The second-order valence-corrected chi connectivity index (χ2v) is 6.61. The fraction of sp³-hybridized carbons (Fsp3) is 0.588. The van der Waals surface area contributed by atoms with Crippen molar-refractivity contribution >= 4 is 17.0 Å². The molecule has 23 heavy (non-hydrogen) atoms. The van der Waals surface area contributed by atoms with E-state index in [9.17, 15) is 4.79 Å². The van der Waals surface area contributed by atoms with E-state index in [2.05, 4.69) is 15.5 Å². The quantitative estimate of drug-likeness (QED) is 0.938. The Balaban J connectivity index is 1.58. The van der Waals surface area contributed by atoms with Gasteiger partial charge in [-0.25, -0.2) is 4.98 Å². The van der Waals surface area contributed by atoms with Crippen molar-refractivity contribution in [2.45, 2.75) is 38.5 Å². The number of nitrogens with zero attached hydrogens (tertiary/aromatic N) is 2. The summed E-state index contributed by atoms with van der Waals surface area (Å²) in [4.78, 5) is 17.2. The van der Waals surface area contributed by atoms with Crippen molar-refractivity contribution in [3.05, 3.63) is 23.0 Å². The lowest BCUT2D eigenvalue weighted by Gasteiger charge is -2.22. The van der Waals surface area contributed by atoms with Gasteiger partial charge >= 0.3 is 0 Å². The standard InChI is InChI=1S/C17H21N3O3/c1-10-15-13(16(21)18-8-11-3-2-6-22-9-11)7-14(12-4-5-12)19-17(15)23-20-10/h7,11-12H,2-6,8-9H2,1H3,(H,18,21). The van der Waals surface area contributed by atoms with Gasteiger partial charge in [-0.15, -0.1) is 0 Å². The Morgan fingerprint density at radius 3 is 3.00 bits per heavy atom. The third-order valence-corrected chi connectivity index (χ3v) is 4.68. The number of hydrogen-bond acceptors (Lipinski definition) is 5. The second-order valence-electron chi connectivity index (χ2n) is 6.61. The van der Waals surface area contributed by atoms with Crippen LogP contribution in [0, 0.1) is 12.8 Å². The van der Waals surface area contributed by atoms with Crippen molar-refractivity contribution in [2.24, 2.45) is 5.92 Å². The molecular formula is C17H21N3O3. The molecule has 122 valence electrons. The molecule has 1 saturated carbocycles. The van der Waals surface area contributed by atoms with Gasteiger partial charge < -0.3 is 14.6 Å². The maximum atomic E-state index is 12.7. The summed E-state index contributed by atoms with van der Waals surface area (Å²) in [6, 6.07) is 1.91. The summed E-state index contributed by atoms with van der Waals surface area (Å²) in [5.41, 5.74) is 2.76. The predicted molar refractivity (Wildman–Crippen MR) is 84.4 cm³/mol. The molecule has 0 spiro atoms. The molecule has 4 rings (SSSR count). The summed E-state index contributed by atoms with van der Waals surface area (Å²) in [7, 11) is 0. The van der Waals surface area contributed by atoms with Crippen LogP contribution in [0.25, 0.3) is 11.1 Å². The Morgan fingerprint density at radius 1 is 1.39 bits per heavy atom. The van der Waals surface area contributed by atoms with Gasteiger partial charge in [-0.1, -0.05) is 5.16 Å². The topological polar surface area (TPSA) is 77.2 Å². The smallest absolute Gasteiger partial charge is 0.259 e. The van der Waals surface area contributed by atoms with Crippen LogP contribution in [0.4, 0.5) is 0 Å². The van der Waals surface area contributed by atoms with Crippen LogP contribution in [-0.4, -0.2) is 35.8 Å². The Labute approximate surface area is 134 Å². The minimum absolute atomic E-state index is 0.0730. The molecule has 0 radical (unpaired) electrons. The number of carbonyl (C=O) groups excluding carboxylic acids is 1. The van der Waals surface area contributed by atoms with Crippen LogP contribution >= 0.6 is 0 Å². The molecule has 3 heterocycles. The lowest BCUT2D eigenvalue weighted by Crippen LogP contribution is -2.33. The Hall–Kier alpha value is -1.95. The molecule has 6 heteroatoms. The number of fused-ring (bicyclic) bond motifs is 1. The molecule has 2 aromatic rings. The minimum Gasteiger partial charge on any atom is -0.381 e. The number of ether oxygens (including phenoxy) is 1. The largest absolute Gasteiger partial charge is 0.381 e. The summed E-state index contributed by atoms with van der Waals surface area (Å²) in [5.74, 6) is 0.788. The predicted octanol–water partition coefficient (Wildman–Crippen LogP) is 2.57. The molecule has 1 saturated heterocycles. The van der Waals surface area contributed by atoms with E-state index in [1.807, 2.05) is 13.0 Å². The van der Waals surface area contributed by atoms with Crippen molar-refractivity contribution < 1.29 is 14.1 Å². The maximum Gasteiger partial charge on any atom is 0.259 e. The molecule has 2 aromatic heterocycles. The lowest BCUT2D eigenvalue weighted by atomic mass is 10.0. The molecule has 0 aromatic carbocycles. The van der Waals surface area contributed by atoms with Crippen LogP contribution in [0.5, 0.6) is 0 Å². The lowest BCUT2D eigenvalue weighted by molar-refractivity contribution is 0.0536. The number of pyridine rings is 1. The van der Waals surface area contributed by atoms with Crippen molar-refractivity contribution in [2.75, 3.05) is 19.8 Å². The van der Waals surface area contributed by atoms with Crippen molar-refractivity contribution in [1.29, 1.82) is 0 Å². The van der Waals surface area contributed by atoms with Gasteiger partial charge in [0.15, 0.2) is 0 Å². The van der Waals surface area contributed by atoms with E-state index in [0.717, 1.165) is 50.0 Å². The molecule has 1 N–H and O–H groups in total. The first-order valence-corrected chi connectivity index (χ1v) is 8.35. The zero-order chi connectivity index (χ0) is 15.8. The highest BCUT2D eigenvalue weighted by molar-refractivity contribution is 6.06. The second kappa shape index (κ2) is 5.92. The van der Waals surface area contributed by atoms with Crippen molar-refractivity contribution in [1.82, 2.24) is 15.5 Å². The minimum atomic E-state index is -0.0730. The number of carbonyl (C=O) groups is 1. The van der Waals surface area contributed by atoms with E-state index >= 15 is 0 Å². The number of nitrogens with one attached hydrogen (secondary N) is 1. The Bertz CT molecular complexity index is 730. The third kappa shape index (κ3) is 2.95. The van der Waals surface area contributed by atoms with Gasteiger partial charge in [-0.2, -0.15) is 0 Å². The van der Waals surface area contributed by atoms with Gasteiger partial charge in [0.1, 0.15) is 0 Å². The summed E-state index contributed by atoms with van der Waals surface area (Å²) in [6.07, 6.45) is 4.43. The Kier molecular flexibility index (Phi) is 3.77. The molecule has 6 nitrogen and oxygen atoms in total. The van der Waals surface area contributed by atoms with Crippen LogP contribution in [0.1, 0.15) is 53.3 Å². The fourth-order valence-electron chi connectivity index (χ4n) is 3.18. The molecular weight excluding hydrogens is 294 g/mol. The highest BCUT2D eigenvalue weighted by Gasteiger charge is 2.28. The normalized spacial score (nSPS) is 21.5. The van der Waals surface area contributed by atoms with E-state index in [1.54, 1.807) is 0 Å². The van der Waals surface area contributed by atoms with E-state index in [0.29, 0.717) is 35.4 Å². The highest BCUT2D eigenvalue weighted by atomic mass is 16.5. The van der Waals surface area contributed by atoms with Crippen LogP contribution < -0.4 is 5.32 Å². The molecule has 1 atom stereocenters. The van der Waals surface area contributed by atoms with Crippen molar-refractivity contribution in [3.63, 3.8) is 0 Å². The SMILES string of the molecule is Cc1noc2nc(C3CC3)cc(C(=O)NCC3CCCOC3)c12. The van der Waals surface area contributed by atoms with E-state index in [1.165, 1.54) is 0 Å². The highest BCUT2D eigenvalue weighted by Crippen LogP contribution is 2.40. The van der Waals surface area contributed by atoms with Gasteiger partial charge in [0, 0.05) is 24.8 Å². The molecule has 2 fully saturated rings. The first kappa shape index (κ1) is 14.6. The summed E-state index contributed by atoms with van der Waals surface area (Å²) in [6.45, 7) is 4.05. The Morgan fingerprint density at radius 2 is 2.26 bits per heavy atom. The zero-order valence-corrected chi connectivity index (χ0v) is 13.3. The van der Waals surface area contributed by atoms with Gasteiger partial charge in [0.2, 0.25) is 0 Å². The van der Waals surface area contributed by atoms with Crippen LogP contribution in [0.15, 0.2) is 10.6 Å². The average Bonchev–Trinajstić information content (AvgIpc) is 3.37. The average molecular weight is 315 g/mol. The van der Waals surface area contributed by atoms with Gasteiger partial charge in [0.25, 0.3) is 11.6 Å².